The van der Waals surface area contributed by atoms with Crippen LogP contribution in [-0.2, 0) is 6.42 Å². The number of fused-ring (bicyclic) bond motifs is 1. The van der Waals surface area contributed by atoms with Crippen LogP contribution in [0.15, 0.2) is 18.5 Å². The predicted octanol–water partition coefficient (Wildman–Crippen LogP) is 1.01. The molecule has 0 aliphatic heterocycles. The molecule has 0 amide bonds. The van der Waals surface area contributed by atoms with Gasteiger partial charge in [-0.25, -0.2) is 9.59 Å². The molecule has 1 aliphatic rings. The molecule has 1 heterocycles. The quantitative estimate of drug-likeness (QED) is 0.740. The van der Waals surface area contributed by atoms with Crippen LogP contribution in [0.4, 0.5) is 0 Å². The van der Waals surface area contributed by atoms with Gasteiger partial charge in [0.05, 0.1) is 5.56 Å². The monoisotopic (exact) mass is 243 g/mol. The Balaban J connectivity index is 2.75. The highest BCUT2D eigenvalue weighted by molar-refractivity contribution is 9.11. The first-order chi connectivity index (χ1) is 6.16. The summed E-state index contributed by atoms with van der Waals surface area (Å²) < 4.78 is 5.34. The number of hydrogen-bond donors (Lipinski definition) is 1. The Hall–Kier alpha value is -1.10. The Bertz CT molecular complexity index is 483. The lowest BCUT2D eigenvalue weighted by molar-refractivity contribution is 0.441. The van der Waals surface area contributed by atoms with E-state index >= 15 is 0 Å². The van der Waals surface area contributed by atoms with Crippen molar-refractivity contribution in [2.75, 3.05) is 0 Å². The van der Waals surface area contributed by atoms with E-state index in [2.05, 4.69) is 25.3 Å². The molecule has 68 valence electrons. The zero-order valence-electron chi connectivity index (χ0n) is 6.59. The molecular weight excluding hydrogens is 238 g/mol. The second-order valence-corrected chi connectivity index (χ2v) is 3.80. The Morgan fingerprint density at radius 3 is 2.92 bits per heavy atom. The van der Waals surface area contributed by atoms with Gasteiger partial charge in [-0.3, -0.25) is 4.98 Å². The summed E-state index contributed by atoms with van der Waals surface area (Å²) in [5.41, 5.74) is 0.526. The molecule has 0 aromatic carbocycles. The maximum absolute atomic E-state index is 11.2. The minimum absolute atomic E-state index is 0.442. The maximum Gasteiger partial charge on any atom is 0.419 e. The lowest BCUT2D eigenvalue weighted by Gasteiger charge is -2.09. The number of allylic oxidation sites excluding steroid dienone is 1. The second kappa shape index (κ2) is 2.99. The summed E-state index contributed by atoms with van der Waals surface area (Å²) in [4.78, 5) is 24.5. The number of aromatic nitrogens is 1. The fourth-order valence-corrected chi connectivity index (χ4v) is 1.72. The molecule has 0 saturated carbocycles. The van der Waals surface area contributed by atoms with E-state index in [1.807, 2.05) is 0 Å². The molecule has 5 heteroatoms. The lowest BCUT2D eigenvalue weighted by atomic mass is 10.1. The molecular formula is C8H6BrNO3. The molecule has 0 spiro atoms. The molecule has 13 heavy (non-hydrogen) atoms. The van der Waals surface area contributed by atoms with Gasteiger partial charge < -0.3 is 4.42 Å². The van der Waals surface area contributed by atoms with Gasteiger partial charge >= 0.3 is 11.4 Å². The van der Waals surface area contributed by atoms with Crippen molar-refractivity contribution < 1.29 is 4.42 Å². The van der Waals surface area contributed by atoms with Crippen molar-refractivity contribution in [2.45, 2.75) is 12.8 Å². The molecule has 0 bridgehead atoms. The van der Waals surface area contributed by atoms with Crippen LogP contribution in [0.25, 0.3) is 6.08 Å². The first-order valence-corrected chi connectivity index (χ1v) is 4.58. The third-order valence-electron chi connectivity index (χ3n) is 1.90. The molecule has 1 aliphatic carbocycles. The van der Waals surface area contributed by atoms with Crippen LogP contribution in [0.1, 0.15) is 17.7 Å². The lowest BCUT2D eigenvalue weighted by Crippen LogP contribution is -2.21. The van der Waals surface area contributed by atoms with E-state index < -0.39 is 11.4 Å². The van der Waals surface area contributed by atoms with Gasteiger partial charge in [-0.1, -0.05) is 15.9 Å². The largest absolute Gasteiger partial charge is 0.419 e. The van der Waals surface area contributed by atoms with Crippen LogP contribution in [-0.4, -0.2) is 4.98 Å². The van der Waals surface area contributed by atoms with Crippen LogP contribution < -0.4 is 11.4 Å². The second-order valence-electron chi connectivity index (χ2n) is 2.79. The van der Waals surface area contributed by atoms with E-state index in [1.165, 1.54) is 0 Å². The topological polar surface area (TPSA) is 63.1 Å². The summed E-state index contributed by atoms with van der Waals surface area (Å²) in [5, 5.41) is 0. The van der Waals surface area contributed by atoms with Crippen LogP contribution in [0.5, 0.6) is 0 Å². The van der Waals surface area contributed by atoms with Crippen LogP contribution >= 0.6 is 15.9 Å². The molecule has 0 fully saturated rings. The van der Waals surface area contributed by atoms with Crippen molar-refractivity contribution in [3.8, 4) is 0 Å². The summed E-state index contributed by atoms with van der Waals surface area (Å²) in [6.45, 7) is 0. The summed E-state index contributed by atoms with van der Waals surface area (Å²) in [6.07, 6.45) is 3.14. The highest BCUT2D eigenvalue weighted by Crippen LogP contribution is 2.22. The Morgan fingerprint density at radius 1 is 1.38 bits per heavy atom. The number of halogens is 1. The number of H-pyrrole nitrogens is 1. The van der Waals surface area contributed by atoms with Gasteiger partial charge in [-0.2, -0.15) is 0 Å². The number of aryl methyl sites for hydroxylation is 1. The van der Waals surface area contributed by atoms with Crippen molar-refractivity contribution in [3.63, 3.8) is 0 Å². The van der Waals surface area contributed by atoms with Crippen LogP contribution in [0, 0.1) is 0 Å². The fraction of sp³-hybridized carbons (Fsp3) is 0.250. The van der Waals surface area contributed by atoms with E-state index in [-0.39, 0.29) is 0 Å². The Kier molecular flexibility index (Phi) is 1.95. The van der Waals surface area contributed by atoms with Crippen LogP contribution in [0.3, 0.4) is 0 Å². The molecule has 0 radical (unpaired) electrons. The highest BCUT2D eigenvalue weighted by Gasteiger charge is 2.14. The molecule has 4 nitrogen and oxygen atoms in total. The van der Waals surface area contributed by atoms with E-state index in [1.54, 1.807) is 6.08 Å². The number of nitrogens with one attached hydrogen (secondary N) is 1. The number of aromatic amines is 1. The van der Waals surface area contributed by atoms with Gasteiger partial charge in [0, 0.05) is 5.69 Å². The Morgan fingerprint density at radius 2 is 2.15 bits per heavy atom. The minimum Gasteiger partial charge on any atom is -0.372 e. The zero-order chi connectivity index (χ0) is 9.42. The number of hydrogen-bond acceptors (Lipinski definition) is 3. The predicted molar refractivity (Wildman–Crippen MR) is 50.8 cm³/mol. The summed E-state index contributed by atoms with van der Waals surface area (Å²) in [6, 6.07) is 0. The molecule has 2 rings (SSSR count). The first-order valence-electron chi connectivity index (χ1n) is 3.79. The van der Waals surface area contributed by atoms with Crippen molar-refractivity contribution in [2.24, 2.45) is 0 Å². The zero-order valence-corrected chi connectivity index (χ0v) is 8.18. The van der Waals surface area contributed by atoms with Gasteiger partial charge in [0.2, 0.25) is 0 Å². The highest BCUT2D eigenvalue weighted by atomic mass is 79.9. The van der Waals surface area contributed by atoms with E-state index in [9.17, 15) is 9.59 Å². The number of rotatable bonds is 0. The van der Waals surface area contributed by atoms with Gasteiger partial charge in [0.15, 0.2) is 0 Å². The summed E-state index contributed by atoms with van der Waals surface area (Å²) >= 11 is 3.30. The van der Waals surface area contributed by atoms with Crippen molar-refractivity contribution in [1.29, 1.82) is 0 Å². The Labute approximate surface area is 81.4 Å². The van der Waals surface area contributed by atoms with E-state index in [0.29, 0.717) is 17.7 Å². The normalized spacial score (nSPS) is 15.0. The SMILES string of the molecule is O=c1[nH]c2c(c(=O)o1)C=C(Br)CC2. The molecule has 0 unspecified atom stereocenters. The molecule has 1 aromatic heterocycles. The fourth-order valence-electron chi connectivity index (χ4n) is 1.29. The third kappa shape index (κ3) is 1.51. The van der Waals surface area contributed by atoms with Crippen molar-refractivity contribution >= 4 is 22.0 Å². The molecule has 0 atom stereocenters. The smallest absolute Gasteiger partial charge is 0.372 e. The van der Waals surface area contributed by atoms with Gasteiger partial charge in [-0.15, -0.1) is 0 Å². The van der Waals surface area contributed by atoms with Gasteiger partial charge in [-0.05, 0) is 23.4 Å². The van der Waals surface area contributed by atoms with E-state index in [4.69, 9.17) is 0 Å². The average Bonchev–Trinajstić information content (AvgIpc) is 2.06. The maximum atomic E-state index is 11.2. The first kappa shape index (κ1) is 8.50. The van der Waals surface area contributed by atoms with Crippen LogP contribution in [0.2, 0.25) is 0 Å². The van der Waals surface area contributed by atoms with Crippen molar-refractivity contribution in [3.05, 3.63) is 36.7 Å². The standard InChI is InChI=1S/C8H6BrNO3/c9-4-1-2-6-5(3-4)7(11)13-8(12)10-6/h3H,1-2H2,(H,10,12). The average molecular weight is 244 g/mol. The minimum atomic E-state index is -0.685. The van der Waals surface area contributed by atoms with Gasteiger partial charge in [0.1, 0.15) is 0 Å². The van der Waals surface area contributed by atoms with Gasteiger partial charge in [0.25, 0.3) is 0 Å². The molecule has 0 saturated heterocycles. The van der Waals surface area contributed by atoms with Crippen molar-refractivity contribution in [1.82, 2.24) is 4.98 Å². The third-order valence-corrected chi connectivity index (χ3v) is 2.52. The molecule has 1 N–H and O–H groups in total. The van der Waals surface area contributed by atoms with E-state index in [0.717, 1.165) is 10.9 Å². The summed E-state index contributed by atoms with van der Waals surface area (Å²) in [7, 11) is 0. The molecule has 1 aromatic rings. The summed E-state index contributed by atoms with van der Waals surface area (Å²) in [5.74, 6) is -0.685.